The first-order chi connectivity index (χ1) is 12.2. The number of hydrogen-bond acceptors (Lipinski definition) is 7. The number of rotatable bonds is 4. The second kappa shape index (κ2) is 7.26. The van der Waals surface area contributed by atoms with Gasteiger partial charge in [-0.1, -0.05) is 0 Å². The number of ether oxygens (including phenoxy) is 1. The fourth-order valence-corrected chi connectivity index (χ4v) is 2.02. The molecule has 3 aromatic heterocycles. The van der Waals surface area contributed by atoms with Crippen LogP contribution in [0.1, 0.15) is 20.7 Å². The summed E-state index contributed by atoms with van der Waals surface area (Å²) in [5, 5.41) is 2.59. The van der Waals surface area contributed by atoms with Crippen LogP contribution in [0.15, 0.2) is 55.2 Å². The summed E-state index contributed by atoms with van der Waals surface area (Å²) in [6.45, 7) is 0. The Morgan fingerprint density at radius 1 is 1.00 bits per heavy atom. The summed E-state index contributed by atoms with van der Waals surface area (Å²) in [6, 6.07) is 6.52. The lowest BCUT2D eigenvalue weighted by atomic mass is 10.2. The average molecular weight is 335 g/mol. The third-order valence-electron chi connectivity index (χ3n) is 3.26. The highest BCUT2D eigenvalue weighted by molar-refractivity contribution is 6.03. The number of methoxy groups -OCH3 is 1. The van der Waals surface area contributed by atoms with E-state index in [1.807, 2.05) is 6.07 Å². The van der Waals surface area contributed by atoms with Crippen LogP contribution in [0.4, 0.5) is 5.82 Å². The molecule has 8 heteroatoms. The lowest BCUT2D eigenvalue weighted by Gasteiger charge is -2.06. The van der Waals surface area contributed by atoms with Crippen molar-refractivity contribution in [2.24, 2.45) is 0 Å². The van der Waals surface area contributed by atoms with Crippen molar-refractivity contribution >= 4 is 17.7 Å². The van der Waals surface area contributed by atoms with Gasteiger partial charge >= 0.3 is 5.97 Å². The van der Waals surface area contributed by atoms with Gasteiger partial charge in [0.25, 0.3) is 5.91 Å². The molecule has 0 fully saturated rings. The third kappa shape index (κ3) is 3.81. The zero-order chi connectivity index (χ0) is 17.6. The summed E-state index contributed by atoms with van der Waals surface area (Å²) >= 11 is 0. The lowest BCUT2D eigenvalue weighted by Crippen LogP contribution is -2.14. The van der Waals surface area contributed by atoms with Gasteiger partial charge in [0.2, 0.25) is 0 Å². The molecule has 3 rings (SSSR count). The van der Waals surface area contributed by atoms with Crippen molar-refractivity contribution in [3.05, 3.63) is 66.4 Å². The Morgan fingerprint density at radius 3 is 2.48 bits per heavy atom. The molecule has 8 nitrogen and oxygen atoms in total. The minimum atomic E-state index is -0.512. The molecule has 0 aliphatic heterocycles. The summed E-state index contributed by atoms with van der Waals surface area (Å²) in [5.74, 6) is -0.256. The van der Waals surface area contributed by atoms with Crippen LogP contribution >= 0.6 is 0 Å². The fraction of sp³-hybridized carbons (Fsp3) is 0.0588. The molecule has 0 aliphatic rings. The van der Waals surface area contributed by atoms with E-state index >= 15 is 0 Å². The molecule has 0 spiro atoms. The molecule has 0 aliphatic carbocycles. The molecule has 0 saturated carbocycles. The smallest absolute Gasteiger partial charge is 0.338 e. The van der Waals surface area contributed by atoms with Gasteiger partial charge in [0.05, 0.1) is 18.2 Å². The number of nitrogens with one attached hydrogen (secondary N) is 1. The van der Waals surface area contributed by atoms with Crippen molar-refractivity contribution in [1.29, 1.82) is 0 Å². The molecule has 3 heterocycles. The molecule has 0 unspecified atom stereocenters. The highest BCUT2D eigenvalue weighted by Crippen LogP contribution is 2.13. The molecule has 0 aromatic carbocycles. The number of esters is 1. The predicted molar refractivity (Wildman–Crippen MR) is 88.8 cm³/mol. The van der Waals surface area contributed by atoms with Crippen molar-refractivity contribution < 1.29 is 14.3 Å². The first kappa shape index (κ1) is 16.2. The monoisotopic (exact) mass is 335 g/mol. The number of aromatic nitrogens is 4. The minimum Gasteiger partial charge on any atom is -0.465 e. The van der Waals surface area contributed by atoms with Crippen molar-refractivity contribution in [2.75, 3.05) is 12.4 Å². The Morgan fingerprint density at radius 2 is 1.80 bits per heavy atom. The first-order valence-corrected chi connectivity index (χ1v) is 7.25. The number of hydrogen-bond donors (Lipinski definition) is 1. The summed E-state index contributed by atoms with van der Waals surface area (Å²) < 4.78 is 4.63. The van der Waals surface area contributed by atoms with E-state index < -0.39 is 11.9 Å². The molecular weight excluding hydrogens is 322 g/mol. The zero-order valence-corrected chi connectivity index (χ0v) is 13.2. The third-order valence-corrected chi connectivity index (χ3v) is 3.26. The molecule has 0 atom stereocenters. The number of carbonyl (C=O) groups is 2. The first-order valence-electron chi connectivity index (χ1n) is 7.25. The topological polar surface area (TPSA) is 107 Å². The highest BCUT2D eigenvalue weighted by Gasteiger charge is 2.11. The van der Waals surface area contributed by atoms with Gasteiger partial charge in [-0.25, -0.2) is 19.7 Å². The predicted octanol–water partition coefficient (Wildman–Crippen LogP) is 1.97. The Labute approximate surface area is 143 Å². The molecular formula is C17H13N5O3. The van der Waals surface area contributed by atoms with Crippen molar-refractivity contribution in [3.8, 4) is 11.4 Å². The Balaban J connectivity index is 1.74. The standard InChI is InChI=1S/C17H13N5O3/c1-25-17(24)11-4-6-19-14(7-11)22-16(23)13-9-20-15(21-10-13)12-3-2-5-18-8-12/h2-10H,1H3,(H,19,22,23). The van der Waals surface area contributed by atoms with Gasteiger partial charge in [0, 0.05) is 36.5 Å². The molecule has 1 N–H and O–H groups in total. The van der Waals surface area contributed by atoms with Crippen LogP contribution in [-0.4, -0.2) is 38.9 Å². The van der Waals surface area contributed by atoms with Crippen LogP contribution in [0.2, 0.25) is 0 Å². The van der Waals surface area contributed by atoms with E-state index in [2.05, 4.69) is 30.0 Å². The summed E-state index contributed by atoms with van der Waals surface area (Å²) in [7, 11) is 1.28. The number of pyridine rings is 2. The molecule has 0 radical (unpaired) electrons. The van der Waals surface area contributed by atoms with E-state index in [0.29, 0.717) is 5.82 Å². The lowest BCUT2D eigenvalue weighted by molar-refractivity contribution is 0.0600. The van der Waals surface area contributed by atoms with E-state index in [1.165, 1.54) is 37.8 Å². The van der Waals surface area contributed by atoms with Gasteiger partial charge in [-0.2, -0.15) is 0 Å². The quantitative estimate of drug-likeness (QED) is 0.726. The van der Waals surface area contributed by atoms with E-state index in [1.54, 1.807) is 18.5 Å². The largest absolute Gasteiger partial charge is 0.465 e. The van der Waals surface area contributed by atoms with Crippen molar-refractivity contribution in [1.82, 2.24) is 19.9 Å². The number of carbonyl (C=O) groups excluding carboxylic acids is 2. The molecule has 25 heavy (non-hydrogen) atoms. The highest BCUT2D eigenvalue weighted by atomic mass is 16.5. The number of amides is 1. The summed E-state index contributed by atoms with van der Waals surface area (Å²) in [5.41, 5.74) is 1.30. The number of anilines is 1. The van der Waals surface area contributed by atoms with Gasteiger partial charge in [-0.3, -0.25) is 9.78 Å². The van der Waals surface area contributed by atoms with Crippen LogP contribution in [-0.2, 0) is 4.74 Å². The van der Waals surface area contributed by atoms with Gasteiger partial charge in [0.1, 0.15) is 5.82 Å². The molecule has 0 bridgehead atoms. The molecule has 0 saturated heterocycles. The van der Waals surface area contributed by atoms with Crippen molar-refractivity contribution in [2.45, 2.75) is 0 Å². The molecule has 1 amide bonds. The summed E-state index contributed by atoms with van der Waals surface area (Å²) in [4.78, 5) is 40.1. The normalized spacial score (nSPS) is 10.1. The molecule has 3 aromatic rings. The zero-order valence-electron chi connectivity index (χ0n) is 13.2. The van der Waals surface area contributed by atoms with E-state index in [9.17, 15) is 9.59 Å². The van der Waals surface area contributed by atoms with Crippen LogP contribution < -0.4 is 5.32 Å². The SMILES string of the molecule is COC(=O)c1ccnc(NC(=O)c2cnc(-c3cccnc3)nc2)c1. The van der Waals surface area contributed by atoms with Crippen LogP contribution in [0.25, 0.3) is 11.4 Å². The van der Waals surface area contributed by atoms with Crippen LogP contribution in [0.5, 0.6) is 0 Å². The average Bonchev–Trinajstić information content (AvgIpc) is 2.68. The number of nitrogens with zero attached hydrogens (tertiary/aromatic N) is 4. The van der Waals surface area contributed by atoms with Gasteiger partial charge in [0.15, 0.2) is 5.82 Å². The van der Waals surface area contributed by atoms with Crippen molar-refractivity contribution in [3.63, 3.8) is 0 Å². The van der Waals surface area contributed by atoms with E-state index in [-0.39, 0.29) is 16.9 Å². The minimum absolute atomic E-state index is 0.226. The van der Waals surface area contributed by atoms with E-state index in [0.717, 1.165) is 5.56 Å². The second-order valence-corrected chi connectivity index (χ2v) is 4.91. The second-order valence-electron chi connectivity index (χ2n) is 4.91. The van der Waals surface area contributed by atoms with Crippen LogP contribution in [0.3, 0.4) is 0 Å². The van der Waals surface area contributed by atoms with E-state index in [4.69, 9.17) is 0 Å². The maximum Gasteiger partial charge on any atom is 0.338 e. The van der Waals surface area contributed by atoms with Gasteiger partial charge < -0.3 is 10.1 Å². The fourth-order valence-electron chi connectivity index (χ4n) is 2.02. The maximum absolute atomic E-state index is 12.3. The maximum atomic E-state index is 12.3. The Hall–Kier alpha value is -3.68. The Kier molecular flexibility index (Phi) is 4.70. The van der Waals surface area contributed by atoms with Gasteiger partial charge in [-0.05, 0) is 24.3 Å². The van der Waals surface area contributed by atoms with Gasteiger partial charge in [-0.15, -0.1) is 0 Å². The van der Waals surface area contributed by atoms with Crippen LogP contribution in [0, 0.1) is 0 Å². The molecule has 124 valence electrons. The summed E-state index contributed by atoms with van der Waals surface area (Å²) in [6.07, 6.45) is 7.52. The Bertz CT molecular complexity index is 898.